The highest BCUT2D eigenvalue weighted by atomic mass is 79.9. The summed E-state index contributed by atoms with van der Waals surface area (Å²) in [5.41, 5.74) is 1.65. The summed E-state index contributed by atoms with van der Waals surface area (Å²) in [5, 5.41) is 0. The Balaban J connectivity index is 1.26. The molecule has 0 saturated heterocycles. The molecule has 3 nitrogen and oxygen atoms in total. The van der Waals surface area contributed by atoms with Gasteiger partial charge in [-0.1, -0.05) is 46.3 Å². The van der Waals surface area contributed by atoms with E-state index in [4.69, 9.17) is 9.47 Å². The summed E-state index contributed by atoms with van der Waals surface area (Å²) in [6.07, 6.45) is 2.66. The second-order valence-corrected chi connectivity index (χ2v) is 9.03. The van der Waals surface area contributed by atoms with Gasteiger partial charge in [-0.05, 0) is 53.4 Å². The van der Waals surface area contributed by atoms with Crippen LogP contribution in [0.1, 0.15) is 25.3 Å². The first-order valence-corrected chi connectivity index (χ1v) is 9.99. The molecule has 0 aliphatic heterocycles. The van der Waals surface area contributed by atoms with Crippen LogP contribution in [-0.2, 0) is 20.9 Å². The van der Waals surface area contributed by atoms with Crippen molar-refractivity contribution in [2.45, 2.75) is 37.3 Å². The number of hydrogen-bond acceptors (Lipinski definition) is 3. The normalized spacial score (nSPS) is 46.3. The van der Waals surface area contributed by atoms with E-state index < -0.39 is 0 Å². The van der Waals surface area contributed by atoms with E-state index in [2.05, 4.69) is 40.2 Å². The van der Waals surface area contributed by atoms with E-state index >= 15 is 0 Å². The number of carbonyl (C=O) groups is 1. The fraction of sp³-hybridized carbons (Fsp3) is 0.650. The first-order chi connectivity index (χ1) is 11.6. The molecule has 0 spiro atoms. The number of ether oxygens (including phenoxy) is 2. The van der Waals surface area contributed by atoms with Crippen molar-refractivity contribution in [3.05, 3.63) is 35.9 Å². The van der Waals surface area contributed by atoms with Crippen molar-refractivity contribution in [1.82, 2.24) is 0 Å². The van der Waals surface area contributed by atoms with Crippen LogP contribution in [0.15, 0.2) is 30.3 Å². The van der Waals surface area contributed by atoms with Crippen LogP contribution < -0.4 is 0 Å². The number of benzene rings is 1. The van der Waals surface area contributed by atoms with Crippen LogP contribution in [0.4, 0.5) is 0 Å². The van der Waals surface area contributed by atoms with Crippen molar-refractivity contribution in [1.29, 1.82) is 0 Å². The van der Waals surface area contributed by atoms with Gasteiger partial charge in [-0.25, -0.2) is 0 Å². The minimum Gasteiger partial charge on any atom is -0.466 e. The molecule has 7 unspecified atom stereocenters. The monoisotopic (exact) mass is 390 g/mol. The molecule has 0 radical (unpaired) electrons. The van der Waals surface area contributed by atoms with Crippen molar-refractivity contribution >= 4 is 21.9 Å². The highest BCUT2D eigenvalue weighted by Crippen LogP contribution is 2.89. The first-order valence-electron chi connectivity index (χ1n) is 9.07. The molecule has 6 rings (SSSR count). The molecule has 1 aromatic carbocycles. The van der Waals surface area contributed by atoms with E-state index in [0.29, 0.717) is 28.9 Å². The number of hydrogen-bond donors (Lipinski definition) is 0. The molecule has 24 heavy (non-hydrogen) atoms. The van der Waals surface area contributed by atoms with Gasteiger partial charge in [0.1, 0.15) is 0 Å². The molecule has 1 aromatic rings. The number of alkyl halides is 1. The fourth-order valence-electron chi connectivity index (χ4n) is 6.69. The van der Waals surface area contributed by atoms with Gasteiger partial charge < -0.3 is 9.47 Å². The standard InChI is InChI=1S/C20H23BrO3/c1-11(22)23-8-7-20-17-13-9-14(16(18(17)20)15(13)19(20)21)24-10-12-5-3-2-4-6-12/h2-6,13-19H,7-10H2,1H3/t13?,14-,15?,16?,17?,18?,19?,20?/m0/s1. The summed E-state index contributed by atoms with van der Waals surface area (Å²) in [7, 11) is 0. The van der Waals surface area contributed by atoms with Gasteiger partial charge in [0, 0.05) is 11.8 Å². The minimum atomic E-state index is -0.160. The third-order valence-corrected chi connectivity index (χ3v) is 8.73. The molecular weight excluding hydrogens is 368 g/mol. The molecule has 5 aliphatic carbocycles. The molecule has 0 aromatic heterocycles. The summed E-state index contributed by atoms with van der Waals surface area (Å²) in [6, 6.07) is 10.5. The lowest BCUT2D eigenvalue weighted by Crippen LogP contribution is -2.23. The fourth-order valence-corrected chi connectivity index (χ4v) is 8.28. The van der Waals surface area contributed by atoms with E-state index in [9.17, 15) is 4.79 Å². The average Bonchev–Trinajstić information content (AvgIpc) is 2.82. The maximum atomic E-state index is 11.1. The first kappa shape index (κ1) is 15.4. The molecule has 0 amide bonds. The van der Waals surface area contributed by atoms with Crippen LogP contribution in [0, 0.1) is 35.0 Å². The van der Waals surface area contributed by atoms with Gasteiger partial charge in [0.25, 0.3) is 0 Å². The molecule has 5 aliphatic rings. The molecule has 4 heteroatoms. The van der Waals surface area contributed by atoms with E-state index in [1.165, 1.54) is 18.9 Å². The lowest BCUT2D eigenvalue weighted by molar-refractivity contribution is -0.141. The molecule has 5 fully saturated rings. The Morgan fingerprint density at radius 3 is 2.75 bits per heavy atom. The van der Waals surface area contributed by atoms with Crippen LogP contribution in [0.3, 0.4) is 0 Å². The van der Waals surface area contributed by atoms with Gasteiger partial charge in [-0.2, -0.15) is 0 Å². The van der Waals surface area contributed by atoms with Gasteiger partial charge in [0.2, 0.25) is 0 Å². The average molecular weight is 391 g/mol. The van der Waals surface area contributed by atoms with Gasteiger partial charge in [-0.15, -0.1) is 0 Å². The van der Waals surface area contributed by atoms with Crippen molar-refractivity contribution in [3.8, 4) is 0 Å². The molecular formula is C20H23BrO3. The predicted molar refractivity (Wildman–Crippen MR) is 93.5 cm³/mol. The molecule has 0 heterocycles. The van der Waals surface area contributed by atoms with Crippen molar-refractivity contribution < 1.29 is 14.3 Å². The molecule has 128 valence electrons. The smallest absolute Gasteiger partial charge is 0.302 e. The zero-order valence-electron chi connectivity index (χ0n) is 13.9. The van der Waals surface area contributed by atoms with Crippen molar-refractivity contribution in [3.63, 3.8) is 0 Å². The van der Waals surface area contributed by atoms with Crippen LogP contribution in [0.25, 0.3) is 0 Å². The van der Waals surface area contributed by atoms with E-state index in [1.807, 2.05) is 6.07 Å². The Hall–Kier alpha value is -0.870. The second-order valence-electron chi connectivity index (χ2n) is 8.05. The quantitative estimate of drug-likeness (QED) is 0.547. The summed E-state index contributed by atoms with van der Waals surface area (Å²) < 4.78 is 11.6. The minimum absolute atomic E-state index is 0.160. The molecule has 6 bridgehead atoms. The van der Waals surface area contributed by atoms with Gasteiger partial charge in [0.05, 0.1) is 19.3 Å². The highest BCUT2D eigenvalue weighted by Gasteiger charge is 2.88. The predicted octanol–water partition coefficient (Wildman–Crippen LogP) is 3.80. The lowest BCUT2D eigenvalue weighted by atomic mass is 9.97. The summed E-state index contributed by atoms with van der Waals surface area (Å²) in [4.78, 5) is 11.7. The highest BCUT2D eigenvalue weighted by molar-refractivity contribution is 9.09. The van der Waals surface area contributed by atoms with E-state index in [0.717, 1.165) is 36.7 Å². The molecule has 8 atom stereocenters. The van der Waals surface area contributed by atoms with Crippen LogP contribution in [-0.4, -0.2) is 23.5 Å². The third kappa shape index (κ3) is 1.90. The lowest BCUT2D eigenvalue weighted by Gasteiger charge is -2.22. The van der Waals surface area contributed by atoms with Gasteiger partial charge in [0.15, 0.2) is 0 Å². The Kier molecular flexibility index (Phi) is 3.41. The summed E-state index contributed by atoms with van der Waals surface area (Å²) in [6.45, 7) is 2.80. The molecule has 0 N–H and O–H groups in total. The number of carbonyl (C=O) groups excluding carboxylic acids is 1. The maximum absolute atomic E-state index is 11.1. The topological polar surface area (TPSA) is 35.5 Å². The van der Waals surface area contributed by atoms with Crippen LogP contribution in [0.5, 0.6) is 0 Å². The largest absolute Gasteiger partial charge is 0.466 e. The second kappa shape index (κ2) is 5.31. The van der Waals surface area contributed by atoms with Crippen molar-refractivity contribution in [2.24, 2.45) is 35.0 Å². The maximum Gasteiger partial charge on any atom is 0.302 e. The number of esters is 1. The van der Waals surface area contributed by atoms with E-state index in [-0.39, 0.29) is 5.97 Å². The number of rotatable bonds is 6. The Labute approximate surface area is 151 Å². The Morgan fingerprint density at radius 2 is 2.04 bits per heavy atom. The van der Waals surface area contributed by atoms with E-state index in [1.54, 1.807) is 0 Å². The SMILES string of the molecule is CC(=O)OCCC12C(Br)C3C4C[C@H](OCc5ccccc5)C3C1C42. The molecule has 5 saturated carbocycles. The third-order valence-electron chi connectivity index (χ3n) is 7.27. The summed E-state index contributed by atoms with van der Waals surface area (Å²) >= 11 is 4.03. The Morgan fingerprint density at radius 1 is 1.25 bits per heavy atom. The number of halogens is 1. The van der Waals surface area contributed by atoms with Gasteiger partial charge in [-0.3, -0.25) is 4.79 Å². The summed E-state index contributed by atoms with van der Waals surface area (Å²) in [5.74, 6) is 3.80. The Bertz CT molecular complexity index is 658. The zero-order chi connectivity index (χ0) is 16.5. The van der Waals surface area contributed by atoms with Gasteiger partial charge >= 0.3 is 5.97 Å². The van der Waals surface area contributed by atoms with Crippen LogP contribution >= 0.6 is 15.9 Å². The van der Waals surface area contributed by atoms with Crippen LogP contribution in [0.2, 0.25) is 0 Å². The van der Waals surface area contributed by atoms with Crippen molar-refractivity contribution in [2.75, 3.05) is 6.61 Å². The zero-order valence-corrected chi connectivity index (χ0v) is 15.4.